The molecule has 2 aromatic rings. The van der Waals surface area contributed by atoms with Crippen LogP contribution >= 0.6 is 0 Å². The molecule has 0 radical (unpaired) electrons. The Morgan fingerprint density at radius 3 is 2.94 bits per heavy atom. The summed E-state index contributed by atoms with van der Waals surface area (Å²) in [5, 5.41) is 0. The summed E-state index contributed by atoms with van der Waals surface area (Å²) in [7, 11) is 0. The number of rotatable bonds is 3. The van der Waals surface area contributed by atoms with Crippen molar-refractivity contribution in [3.8, 4) is 11.4 Å². The summed E-state index contributed by atoms with van der Waals surface area (Å²) in [6, 6.07) is 7.34. The highest BCUT2D eigenvalue weighted by atomic mass is 19.1. The second-order valence-corrected chi connectivity index (χ2v) is 3.50. The van der Waals surface area contributed by atoms with Gasteiger partial charge in [-0.3, -0.25) is 0 Å². The van der Waals surface area contributed by atoms with Crippen LogP contribution in [0.5, 0.6) is 0 Å². The predicted molar refractivity (Wildman–Crippen MR) is 63.4 cm³/mol. The molecular weight excluding hydrogens is 235 g/mol. The van der Waals surface area contributed by atoms with Gasteiger partial charge in [0.15, 0.2) is 11.5 Å². The first-order chi connectivity index (χ1) is 8.70. The molecule has 0 saturated carbocycles. The molecule has 92 valence electrons. The number of aromatic nitrogens is 2. The Balaban J connectivity index is 2.35. The highest BCUT2D eigenvalue weighted by molar-refractivity contribution is 5.87. The van der Waals surface area contributed by atoms with Crippen LogP contribution in [0.4, 0.5) is 4.39 Å². The lowest BCUT2D eigenvalue weighted by atomic mass is 10.2. The molecule has 0 aliphatic heterocycles. The van der Waals surface area contributed by atoms with Crippen molar-refractivity contribution in [1.82, 2.24) is 9.97 Å². The van der Waals surface area contributed by atoms with E-state index in [0.717, 1.165) is 0 Å². The van der Waals surface area contributed by atoms with Gasteiger partial charge in [0.2, 0.25) is 0 Å². The van der Waals surface area contributed by atoms with Crippen molar-refractivity contribution >= 4 is 5.97 Å². The third-order valence-electron chi connectivity index (χ3n) is 2.22. The van der Waals surface area contributed by atoms with Gasteiger partial charge in [0, 0.05) is 11.8 Å². The number of ether oxygens (including phenoxy) is 1. The number of carbonyl (C=O) groups excluding carboxylic acids is 1. The molecule has 0 amide bonds. The minimum atomic E-state index is -0.516. The van der Waals surface area contributed by atoms with Gasteiger partial charge in [0.05, 0.1) is 6.61 Å². The van der Waals surface area contributed by atoms with E-state index in [1.807, 2.05) is 0 Å². The lowest BCUT2D eigenvalue weighted by Crippen LogP contribution is -2.08. The first kappa shape index (κ1) is 12.2. The second kappa shape index (κ2) is 5.35. The average molecular weight is 246 g/mol. The molecule has 1 heterocycles. The molecule has 0 saturated heterocycles. The highest BCUT2D eigenvalue weighted by Gasteiger charge is 2.10. The molecule has 0 bridgehead atoms. The summed E-state index contributed by atoms with van der Waals surface area (Å²) in [5.74, 6) is -0.602. The predicted octanol–water partition coefficient (Wildman–Crippen LogP) is 2.46. The third kappa shape index (κ3) is 2.68. The van der Waals surface area contributed by atoms with E-state index in [0.29, 0.717) is 11.4 Å². The lowest BCUT2D eigenvalue weighted by Gasteiger charge is -2.03. The zero-order valence-electron chi connectivity index (χ0n) is 9.76. The van der Waals surface area contributed by atoms with E-state index in [-0.39, 0.29) is 18.1 Å². The van der Waals surface area contributed by atoms with Crippen molar-refractivity contribution < 1.29 is 13.9 Å². The second-order valence-electron chi connectivity index (χ2n) is 3.50. The SMILES string of the molecule is CCOC(=O)c1ccnc(-c2cccc(F)c2)n1. The standard InChI is InChI=1S/C13H11FN2O2/c1-2-18-13(17)11-6-7-15-12(16-11)9-4-3-5-10(14)8-9/h3-8H,2H2,1H3. The van der Waals surface area contributed by atoms with Gasteiger partial charge in [-0.05, 0) is 25.1 Å². The smallest absolute Gasteiger partial charge is 0.357 e. The van der Waals surface area contributed by atoms with Gasteiger partial charge in [-0.25, -0.2) is 19.2 Å². The third-order valence-corrected chi connectivity index (χ3v) is 2.22. The molecule has 1 aromatic heterocycles. The van der Waals surface area contributed by atoms with Gasteiger partial charge in [0.1, 0.15) is 5.82 Å². The van der Waals surface area contributed by atoms with Gasteiger partial charge in [-0.15, -0.1) is 0 Å². The molecule has 0 fully saturated rings. The Hall–Kier alpha value is -2.30. The minimum Gasteiger partial charge on any atom is -0.461 e. The fourth-order valence-electron chi connectivity index (χ4n) is 1.44. The van der Waals surface area contributed by atoms with E-state index < -0.39 is 5.97 Å². The van der Waals surface area contributed by atoms with Crippen LogP contribution < -0.4 is 0 Å². The summed E-state index contributed by atoms with van der Waals surface area (Å²) in [4.78, 5) is 19.6. The normalized spacial score (nSPS) is 10.1. The minimum absolute atomic E-state index is 0.158. The van der Waals surface area contributed by atoms with Crippen LogP contribution in [0, 0.1) is 5.82 Å². The summed E-state index contributed by atoms with van der Waals surface area (Å²) in [5.41, 5.74) is 0.673. The molecule has 0 spiro atoms. The topological polar surface area (TPSA) is 52.1 Å². The van der Waals surface area contributed by atoms with Gasteiger partial charge < -0.3 is 4.74 Å². The Morgan fingerprint density at radius 1 is 1.39 bits per heavy atom. The van der Waals surface area contributed by atoms with Gasteiger partial charge >= 0.3 is 5.97 Å². The maximum absolute atomic E-state index is 13.1. The molecule has 0 N–H and O–H groups in total. The summed E-state index contributed by atoms with van der Waals surface area (Å²) >= 11 is 0. The Morgan fingerprint density at radius 2 is 2.22 bits per heavy atom. The highest BCUT2D eigenvalue weighted by Crippen LogP contribution is 2.15. The van der Waals surface area contributed by atoms with Crippen LogP contribution in [-0.2, 0) is 4.74 Å². The largest absolute Gasteiger partial charge is 0.461 e. The average Bonchev–Trinajstić information content (AvgIpc) is 2.39. The van der Waals surface area contributed by atoms with Crippen molar-refractivity contribution in [2.75, 3.05) is 6.61 Å². The van der Waals surface area contributed by atoms with E-state index >= 15 is 0 Å². The Labute approximate surface area is 103 Å². The van der Waals surface area contributed by atoms with Crippen LogP contribution in [0.15, 0.2) is 36.5 Å². The first-order valence-electron chi connectivity index (χ1n) is 5.47. The number of hydrogen-bond acceptors (Lipinski definition) is 4. The molecule has 2 rings (SSSR count). The maximum atomic E-state index is 13.1. The van der Waals surface area contributed by atoms with Gasteiger partial charge in [-0.1, -0.05) is 12.1 Å². The molecule has 5 heteroatoms. The number of carbonyl (C=O) groups is 1. The molecule has 18 heavy (non-hydrogen) atoms. The molecule has 4 nitrogen and oxygen atoms in total. The van der Waals surface area contributed by atoms with E-state index in [1.54, 1.807) is 19.1 Å². The molecule has 1 aromatic carbocycles. The van der Waals surface area contributed by atoms with E-state index in [2.05, 4.69) is 9.97 Å². The van der Waals surface area contributed by atoms with Crippen LogP contribution in [0.2, 0.25) is 0 Å². The summed E-state index contributed by atoms with van der Waals surface area (Å²) < 4.78 is 17.9. The monoisotopic (exact) mass is 246 g/mol. The lowest BCUT2D eigenvalue weighted by molar-refractivity contribution is 0.0519. The van der Waals surface area contributed by atoms with Crippen molar-refractivity contribution in [2.45, 2.75) is 6.92 Å². The van der Waals surface area contributed by atoms with E-state index in [1.165, 1.54) is 24.4 Å². The van der Waals surface area contributed by atoms with Crippen LogP contribution in [0.1, 0.15) is 17.4 Å². The zero-order chi connectivity index (χ0) is 13.0. The molecular formula is C13H11FN2O2. The van der Waals surface area contributed by atoms with Gasteiger partial charge in [-0.2, -0.15) is 0 Å². The van der Waals surface area contributed by atoms with Gasteiger partial charge in [0.25, 0.3) is 0 Å². The fraction of sp³-hybridized carbons (Fsp3) is 0.154. The van der Waals surface area contributed by atoms with Crippen molar-refractivity contribution in [2.24, 2.45) is 0 Å². The van der Waals surface area contributed by atoms with E-state index in [4.69, 9.17) is 4.74 Å². The molecule has 0 atom stereocenters. The van der Waals surface area contributed by atoms with E-state index in [9.17, 15) is 9.18 Å². The van der Waals surface area contributed by atoms with Crippen LogP contribution in [-0.4, -0.2) is 22.5 Å². The van der Waals surface area contributed by atoms with Crippen molar-refractivity contribution in [3.05, 3.63) is 48.0 Å². The zero-order valence-corrected chi connectivity index (χ0v) is 9.76. The Bertz CT molecular complexity index is 572. The summed E-state index contributed by atoms with van der Waals surface area (Å²) in [6.07, 6.45) is 1.44. The molecule has 0 aliphatic rings. The molecule has 0 unspecified atom stereocenters. The van der Waals surface area contributed by atoms with Crippen molar-refractivity contribution in [1.29, 1.82) is 0 Å². The number of esters is 1. The summed E-state index contributed by atoms with van der Waals surface area (Å²) in [6.45, 7) is 1.99. The number of hydrogen-bond donors (Lipinski definition) is 0. The first-order valence-corrected chi connectivity index (χ1v) is 5.47. The Kier molecular flexibility index (Phi) is 3.62. The van der Waals surface area contributed by atoms with Crippen LogP contribution in [0.25, 0.3) is 11.4 Å². The number of halogens is 1. The van der Waals surface area contributed by atoms with Crippen LogP contribution in [0.3, 0.4) is 0 Å². The quantitative estimate of drug-likeness (QED) is 0.780. The maximum Gasteiger partial charge on any atom is 0.357 e. The number of nitrogens with zero attached hydrogens (tertiary/aromatic N) is 2. The number of benzene rings is 1. The molecule has 0 aliphatic carbocycles. The fourth-order valence-corrected chi connectivity index (χ4v) is 1.44. The van der Waals surface area contributed by atoms with Crippen molar-refractivity contribution in [3.63, 3.8) is 0 Å².